The van der Waals surface area contributed by atoms with Gasteiger partial charge in [-0.25, -0.2) is 4.79 Å². The van der Waals surface area contributed by atoms with Gasteiger partial charge in [0.2, 0.25) is 5.91 Å². The van der Waals surface area contributed by atoms with Gasteiger partial charge in [-0.3, -0.25) is 4.79 Å². The molecule has 1 unspecified atom stereocenters. The molecule has 1 aliphatic heterocycles. The molecule has 0 bridgehead atoms. The Morgan fingerprint density at radius 3 is 2.72 bits per heavy atom. The van der Waals surface area contributed by atoms with Gasteiger partial charge in [0, 0.05) is 18.6 Å². The van der Waals surface area contributed by atoms with Gasteiger partial charge < -0.3 is 21.3 Å². The molecule has 0 aromatic heterocycles. The Labute approximate surface area is 149 Å². The standard InChI is InChI=1S/C19H28N4O2/c24-18(13-22-19(25)23-15-7-2-1-3-8-15)21-12-17-16-9-5-4-6-14(16)10-11-20-17/h4-6,9,15,17,20H,1-3,7-8,10-13H2,(H,21,24)(H2,22,23,25). The van der Waals surface area contributed by atoms with Crippen LogP contribution >= 0.6 is 0 Å². The number of amides is 3. The Hall–Kier alpha value is -2.08. The molecule has 0 saturated heterocycles. The normalized spacial score (nSPS) is 20.4. The molecule has 3 amide bonds. The summed E-state index contributed by atoms with van der Waals surface area (Å²) in [5.74, 6) is -0.163. The van der Waals surface area contributed by atoms with Gasteiger partial charge in [-0.2, -0.15) is 0 Å². The highest BCUT2D eigenvalue weighted by atomic mass is 16.2. The van der Waals surface area contributed by atoms with E-state index in [4.69, 9.17) is 0 Å². The molecule has 1 heterocycles. The molecule has 2 aliphatic rings. The summed E-state index contributed by atoms with van der Waals surface area (Å²) in [5, 5.41) is 11.9. The summed E-state index contributed by atoms with van der Waals surface area (Å²) >= 11 is 0. The molecule has 3 rings (SSSR count). The fourth-order valence-corrected chi connectivity index (χ4v) is 3.70. The van der Waals surface area contributed by atoms with Crippen molar-refractivity contribution in [3.8, 4) is 0 Å². The molecule has 1 saturated carbocycles. The number of carbonyl (C=O) groups excluding carboxylic acids is 2. The fraction of sp³-hybridized carbons (Fsp3) is 0.579. The van der Waals surface area contributed by atoms with Crippen molar-refractivity contribution in [3.05, 3.63) is 35.4 Å². The van der Waals surface area contributed by atoms with E-state index >= 15 is 0 Å². The van der Waals surface area contributed by atoms with Crippen molar-refractivity contribution in [2.75, 3.05) is 19.6 Å². The van der Waals surface area contributed by atoms with Gasteiger partial charge in [0.1, 0.15) is 0 Å². The lowest BCUT2D eigenvalue weighted by Gasteiger charge is -2.27. The van der Waals surface area contributed by atoms with Crippen LogP contribution in [-0.2, 0) is 11.2 Å². The minimum Gasteiger partial charge on any atom is -0.353 e. The minimum absolute atomic E-state index is 0.00687. The number of hydrogen-bond donors (Lipinski definition) is 4. The third-order valence-corrected chi connectivity index (χ3v) is 5.07. The van der Waals surface area contributed by atoms with E-state index < -0.39 is 0 Å². The van der Waals surface area contributed by atoms with E-state index in [9.17, 15) is 9.59 Å². The highest BCUT2D eigenvalue weighted by molar-refractivity contribution is 5.84. The maximum Gasteiger partial charge on any atom is 0.315 e. The highest BCUT2D eigenvalue weighted by Gasteiger charge is 2.20. The number of rotatable bonds is 5. The van der Waals surface area contributed by atoms with E-state index in [0.29, 0.717) is 6.54 Å². The Bertz CT molecular complexity index is 599. The fourth-order valence-electron chi connectivity index (χ4n) is 3.70. The van der Waals surface area contributed by atoms with Crippen LogP contribution in [0.2, 0.25) is 0 Å². The topological polar surface area (TPSA) is 82.3 Å². The number of nitrogens with one attached hydrogen (secondary N) is 4. The number of hydrogen-bond acceptors (Lipinski definition) is 3. The van der Waals surface area contributed by atoms with E-state index in [1.165, 1.54) is 30.4 Å². The smallest absolute Gasteiger partial charge is 0.315 e. The maximum atomic E-state index is 12.0. The Morgan fingerprint density at radius 1 is 1.08 bits per heavy atom. The maximum absolute atomic E-state index is 12.0. The average Bonchev–Trinajstić information content (AvgIpc) is 2.65. The number of urea groups is 1. The molecule has 1 aliphatic carbocycles. The number of fused-ring (bicyclic) bond motifs is 1. The van der Waals surface area contributed by atoms with Crippen LogP contribution in [0.5, 0.6) is 0 Å². The number of carbonyl (C=O) groups is 2. The van der Waals surface area contributed by atoms with Gasteiger partial charge in [0.25, 0.3) is 0 Å². The highest BCUT2D eigenvalue weighted by Crippen LogP contribution is 2.21. The van der Waals surface area contributed by atoms with Crippen LogP contribution in [0.25, 0.3) is 0 Å². The third kappa shape index (κ3) is 5.19. The summed E-state index contributed by atoms with van der Waals surface area (Å²) in [4.78, 5) is 23.9. The Morgan fingerprint density at radius 2 is 1.88 bits per heavy atom. The first-order chi connectivity index (χ1) is 12.2. The zero-order valence-electron chi connectivity index (χ0n) is 14.6. The van der Waals surface area contributed by atoms with Crippen molar-refractivity contribution in [1.29, 1.82) is 0 Å². The van der Waals surface area contributed by atoms with E-state index in [-0.39, 0.29) is 30.6 Å². The lowest BCUT2D eigenvalue weighted by Crippen LogP contribution is -2.47. The molecule has 1 atom stereocenters. The second-order valence-corrected chi connectivity index (χ2v) is 6.92. The van der Waals surface area contributed by atoms with Crippen LogP contribution in [0.1, 0.15) is 49.3 Å². The van der Waals surface area contributed by atoms with Crippen LogP contribution in [0.3, 0.4) is 0 Å². The van der Waals surface area contributed by atoms with E-state index in [0.717, 1.165) is 25.8 Å². The molecule has 6 nitrogen and oxygen atoms in total. The van der Waals surface area contributed by atoms with Crippen molar-refractivity contribution in [2.24, 2.45) is 0 Å². The molecule has 1 fully saturated rings. The van der Waals surface area contributed by atoms with Gasteiger partial charge in [0.05, 0.1) is 6.54 Å². The van der Waals surface area contributed by atoms with Gasteiger partial charge in [-0.15, -0.1) is 0 Å². The van der Waals surface area contributed by atoms with Crippen molar-refractivity contribution in [1.82, 2.24) is 21.3 Å². The quantitative estimate of drug-likeness (QED) is 0.655. The van der Waals surface area contributed by atoms with Crippen molar-refractivity contribution < 1.29 is 9.59 Å². The van der Waals surface area contributed by atoms with Gasteiger partial charge in [-0.05, 0) is 36.9 Å². The molecule has 4 N–H and O–H groups in total. The van der Waals surface area contributed by atoms with Crippen LogP contribution in [0, 0.1) is 0 Å². The lowest BCUT2D eigenvalue weighted by atomic mass is 9.94. The molecule has 136 valence electrons. The molecule has 1 aromatic carbocycles. The largest absolute Gasteiger partial charge is 0.353 e. The molecule has 0 spiro atoms. The van der Waals surface area contributed by atoms with Gasteiger partial charge >= 0.3 is 6.03 Å². The third-order valence-electron chi connectivity index (χ3n) is 5.07. The van der Waals surface area contributed by atoms with Crippen LogP contribution in [0.4, 0.5) is 4.79 Å². The molecule has 25 heavy (non-hydrogen) atoms. The molecule has 0 radical (unpaired) electrons. The summed E-state index contributed by atoms with van der Waals surface area (Å²) in [6, 6.07) is 8.45. The first kappa shape index (κ1) is 17.7. The monoisotopic (exact) mass is 344 g/mol. The predicted molar refractivity (Wildman–Crippen MR) is 97.3 cm³/mol. The zero-order valence-corrected chi connectivity index (χ0v) is 14.6. The Kier molecular flexibility index (Phi) is 6.28. The SMILES string of the molecule is O=C(CNC(=O)NC1CCCCC1)NCC1NCCc2ccccc21. The molecule has 6 heteroatoms. The van der Waals surface area contributed by atoms with E-state index in [2.05, 4.69) is 39.5 Å². The molecular formula is C19H28N4O2. The molecular weight excluding hydrogens is 316 g/mol. The first-order valence-corrected chi connectivity index (χ1v) is 9.34. The van der Waals surface area contributed by atoms with Crippen LogP contribution in [0.15, 0.2) is 24.3 Å². The van der Waals surface area contributed by atoms with Crippen LogP contribution < -0.4 is 21.3 Å². The summed E-state index contributed by atoms with van der Waals surface area (Å²) in [5.41, 5.74) is 2.59. The molecule has 1 aromatic rings. The van der Waals surface area contributed by atoms with Crippen molar-refractivity contribution >= 4 is 11.9 Å². The van der Waals surface area contributed by atoms with Crippen LogP contribution in [-0.4, -0.2) is 37.6 Å². The van der Waals surface area contributed by atoms with E-state index in [1.54, 1.807) is 0 Å². The van der Waals surface area contributed by atoms with Gasteiger partial charge in [0.15, 0.2) is 0 Å². The minimum atomic E-state index is -0.247. The summed E-state index contributed by atoms with van der Waals surface area (Å²) in [6.07, 6.45) is 6.67. The summed E-state index contributed by atoms with van der Waals surface area (Å²) in [6.45, 7) is 1.45. The second kappa shape index (κ2) is 8.85. The van der Waals surface area contributed by atoms with Gasteiger partial charge in [-0.1, -0.05) is 43.5 Å². The summed E-state index contributed by atoms with van der Waals surface area (Å²) in [7, 11) is 0. The van der Waals surface area contributed by atoms with E-state index in [1.807, 2.05) is 6.07 Å². The average molecular weight is 344 g/mol. The van der Waals surface area contributed by atoms with Crippen molar-refractivity contribution in [3.63, 3.8) is 0 Å². The predicted octanol–water partition coefficient (Wildman–Crippen LogP) is 1.62. The summed E-state index contributed by atoms with van der Waals surface area (Å²) < 4.78 is 0. The Balaban J connectivity index is 1.38. The first-order valence-electron chi connectivity index (χ1n) is 9.34. The second-order valence-electron chi connectivity index (χ2n) is 6.92. The lowest BCUT2D eigenvalue weighted by molar-refractivity contribution is -0.120. The number of benzene rings is 1. The zero-order chi connectivity index (χ0) is 17.5. The van der Waals surface area contributed by atoms with Crippen molar-refractivity contribution in [2.45, 2.75) is 50.6 Å².